The van der Waals surface area contributed by atoms with Gasteiger partial charge in [0, 0.05) is 23.4 Å². The number of hydrogen-bond donors (Lipinski definition) is 0. The van der Waals surface area contributed by atoms with Crippen LogP contribution < -0.4 is 0 Å². The zero-order chi connectivity index (χ0) is 10.7. The summed E-state index contributed by atoms with van der Waals surface area (Å²) in [5, 5.41) is 9.34. The van der Waals surface area contributed by atoms with Crippen LogP contribution in [0.15, 0.2) is 15.1 Å². The molecule has 1 saturated heterocycles. The fraction of sp³-hybridized carbons (Fsp3) is 0.375. The summed E-state index contributed by atoms with van der Waals surface area (Å²) in [5.41, 5.74) is 0. The van der Waals surface area contributed by atoms with E-state index in [1.165, 1.54) is 4.88 Å². The largest absolute Gasteiger partial charge is 0.345 e. The van der Waals surface area contributed by atoms with E-state index in [0.29, 0.717) is 0 Å². The Morgan fingerprint density at radius 2 is 2.60 bits per heavy atom. The number of thioether (sulfide) groups is 1. The molecule has 0 amide bonds. The van der Waals surface area contributed by atoms with Crippen LogP contribution in [0.5, 0.6) is 0 Å². The first-order valence-electron chi connectivity index (χ1n) is 4.24. The molecular formula is C8H7BrN4S2. The number of aromatic nitrogens is 1. The molecule has 1 aliphatic rings. The van der Waals surface area contributed by atoms with Gasteiger partial charge in [-0.25, -0.2) is 4.98 Å². The maximum Gasteiger partial charge on any atom is 0.208 e. The van der Waals surface area contributed by atoms with E-state index in [1.807, 2.05) is 12.4 Å². The molecule has 15 heavy (non-hydrogen) atoms. The molecular weight excluding hydrogens is 296 g/mol. The Hall–Kier alpha value is -0.580. The molecule has 78 valence electrons. The van der Waals surface area contributed by atoms with Crippen LogP contribution in [0.2, 0.25) is 0 Å². The maximum atomic E-state index is 8.52. The Labute approximate surface area is 104 Å². The highest BCUT2D eigenvalue weighted by Gasteiger charge is 2.20. The second-order valence-corrected chi connectivity index (χ2v) is 6.30. The number of halogens is 1. The van der Waals surface area contributed by atoms with Gasteiger partial charge in [-0.3, -0.25) is 0 Å². The molecule has 0 aromatic carbocycles. The first-order chi connectivity index (χ1) is 7.29. The number of hydrogen-bond acceptors (Lipinski definition) is 5. The summed E-state index contributed by atoms with van der Waals surface area (Å²) in [6, 6.07) is 0. The lowest BCUT2D eigenvalue weighted by Gasteiger charge is -2.14. The van der Waals surface area contributed by atoms with E-state index in [1.54, 1.807) is 23.1 Å². The molecule has 0 radical (unpaired) electrons. The Bertz CT molecular complexity index is 423. The normalized spacial score (nSPS) is 18.4. The van der Waals surface area contributed by atoms with Gasteiger partial charge < -0.3 is 4.90 Å². The lowest BCUT2D eigenvalue weighted by Crippen LogP contribution is -2.23. The molecule has 1 aromatic rings. The minimum Gasteiger partial charge on any atom is -0.345 e. The van der Waals surface area contributed by atoms with Crippen molar-refractivity contribution >= 4 is 44.2 Å². The van der Waals surface area contributed by atoms with Crippen LogP contribution in [-0.2, 0) is 6.54 Å². The van der Waals surface area contributed by atoms with Crippen LogP contribution >= 0.6 is 39.0 Å². The second-order valence-electron chi connectivity index (χ2n) is 2.84. The molecule has 4 nitrogen and oxygen atoms in total. The zero-order valence-electron chi connectivity index (χ0n) is 7.68. The molecule has 0 aliphatic carbocycles. The van der Waals surface area contributed by atoms with Gasteiger partial charge in [0.2, 0.25) is 6.19 Å². The van der Waals surface area contributed by atoms with Gasteiger partial charge in [0.25, 0.3) is 0 Å². The third-order valence-corrected chi connectivity index (χ3v) is 4.34. The monoisotopic (exact) mass is 302 g/mol. The standard InChI is InChI=1S/C8H7BrN4S2/c9-7-11-3-6(15-7)4-13-1-2-14-8(13)12-5-10/h3H,1-2,4H2. The molecule has 7 heteroatoms. The van der Waals surface area contributed by atoms with Gasteiger partial charge in [-0.2, -0.15) is 5.26 Å². The molecule has 0 N–H and O–H groups in total. The fourth-order valence-corrected chi connectivity index (χ4v) is 3.58. The van der Waals surface area contributed by atoms with Crippen LogP contribution in [0.3, 0.4) is 0 Å². The summed E-state index contributed by atoms with van der Waals surface area (Å²) in [5.74, 6) is 1.00. The van der Waals surface area contributed by atoms with Gasteiger partial charge in [-0.15, -0.1) is 16.3 Å². The molecule has 1 aliphatic heterocycles. The Morgan fingerprint density at radius 1 is 1.73 bits per heavy atom. The van der Waals surface area contributed by atoms with Gasteiger partial charge in [-0.1, -0.05) is 11.8 Å². The third-order valence-electron chi connectivity index (χ3n) is 1.88. The average molecular weight is 303 g/mol. The first kappa shape index (κ1) is 10.9. The van der Waals surface area contributed by atoms with Crippen LogP contribution in [0, 0.1) is 11.5 Å². The molecule has 0 bridgehead atoms. The third kappa shape index (κ3) is 2.71. The van der Waals surface area contributed by atoms with Gasteiger partial charge in [-0.05, 0) is 15.9 Å². The molecule has 2 rings (SSSR count). The lowest BCUT2D eigenvalue weighted by molar-refractivity contribution is 0.461. The van der Waals surface area contributed by atoms with Crippen molar-refractivity contribution < 1.29 is 0 Å². The smallest absolute Gasteiger partial charge is 0.208 e. The first-order valence-corrected chi connectivity index (χ1v) is 6.84. The summed E-state index contributed by atoms with van der Waals surface area (Å²) < 4.78 is 0.892. The highest BCUT2D eigenvalue weighted by atomic mass is 79.9. The van der Waals surface area contributed by atoms with Crippen molar-refractivity contribution in [3.8, 4) is 6.19 Å². The SMILES string of the molecule is N#CN=C1SCCN1Cc1cnc(Br)s1. The molecule has 0 spiro atoms. The average Bonchev–Trinajstić information content (AvgIpc) is 2.78. The van der Waals surface area contributed by atoms with Crippen molar-refractivity contribution in [1.82, 2.24) is 9.88 Å². The van der Waals surface area contributed by atoms with Crippen LogP contribution in [-0.4, -0.2) is 27.3 Å². The predicted octanol–water partition coefficient (Wildman–Crippen LogP) is 2.29. The van der Waals surface area contributed by atoms with Crippen molar-refractivity contribution in [3.63, 3.8) is 0 Å². The molecule has 0 atom stereocenters. The van der Waals surface area contributed by atoms with Crippen LogP contribution in [0.4, 0.5) is 0 Å². The number of rotatable bonds is 2. The number of amidine groups is 1. The van der Waals surface area contributed by atoms with Crippen molar-refractivity contribution in [3.05, 3.63) is 15.0 Å². The van der Waals surface area contributed by atoms with E-state index >= 15 is 0 Å². The van der Waals surface area contributed by atoms with E-state index in [9.17, 15) is 0 Å². The summed E-state index contributed by atoms with van der Waals surface area (Å²) >= 11 is 6.57. The maximum absolute atomic E-state index is 8.52. The number of nitrogens with zero attached hydrogens (tertiary/aromatic N) is 4. The summed E-state index contributed by atoms with van der Waals surface area (Å²) in [4.78, 5) is 11.2. The predicted molar refractivity (Wildman–Crippen MR) is 65.7 cm³/mol. The summed E-state index contributed by atoms with van der Waals surface area (Å²) in [6.45, 7) is 1.73. The lowest BCUT2D eigenvalue weighted by atomic mass is 10.5. The van der Waals surface area contributed by atoms with E-state index in [4.69, 9.17) is 5.26 Å². The minimum absolute atomic E-state index is 0.788. The molecule has 0 unspecified atom stereocenters. The Morgan fingerprint density at radius 3 is 3.27 bits per heavy atom. The minimum atomic E-state index is 0.788. The van der Waals surface area contributed by atoms with E-state index < -0.39 is 0 Å². The number of aliphatic imine (C=N–C) groups is 1. The van der Waals surface area contributed by atoms with Crippen molar-refractivity contribution in [2.45, 2.75) is 6.54 Å². The van der Waals surface area contributed by atoms with E-state index in [0.717, 1.165) is 27.9 Å². The van der Waals surface area contributed by atoms with Gasteiger partial charge >= 0.3 is 0 Å². The van der Waals surface area contributed by atoms with Gasteiger partial charge in [0.1, 0.15) is 0 Å². The topological polar surface area (TPSA) is 52.3 Å². The highest BCUT2D eigenvalue weighted by molar-refractivity contribution is 9.11. The molecule has 0 saturated carbocycles. The van der Waals surface area contributed by atoms with Gasteiger partial charge in [0.05, 0.1) is 6.54 Å². The Kier molecular flexibility index (Phi) is 3.61. The van der Waals surface area contributed by atoms with Crippen molar-refractivity contribution in [2.75, 3.05) is 12.3 Å². The second kappa shape index (κ2) is 4.96. The van der Waals surface area contributed by atoms with Gasteiger partial charge in [0.15, 0.2) is 9.08 Å². The highest BCUT2D eigenvalue weighted by Crippen LogP contribution is 2.24. The molecule has 1 fully saturated rings. The van der Waals surface area contributed by atoms with Crippen LogP contribution in [0.1, 0.15) is 4.88 Å². The zero-order valence-corrected chi connectivity index (χ0v) is 10.9. The number of thiazole rings is 1. The Balaban J connectivity index is 2.06. The van der Waals surface area contributed by atoms with Crippen molar-refractivity contribution in [1.29, 1.82) is 5.26 Å². The van der Waals surface area contributed by atoms with E-state index in [2.05, 4.69) is 30.8 Å². The molecule has 1 aromatic heterocycles. The fourth-order valence-electron chi connectivity index (χ4n) is 1.27. The molecule has 2 heterocycles. The van der Waals surface area contributed by atoms with Crippen LogP contribution in [0.25, 0.3) is 0 Å². The quantitative estimate of drug-likeness (QED) is 0.787. The summed E-state index contributed by atoms with van der Waals surface area (Å²) in [7, 11) is 0. The van der Waals surface area contributed by atoms with E-state index in [-0.39, 0.29) is 0 Å². The summed E-state index contributed by atoms with van der Waals surface area (Å²) in [6.07, 6.45) is 3.68. The number of nitriles is 1. The van der Waals surface area contributed by atoms with Crippen molar-refractivity contribution in [2.24, 2.45) is 4.99 Å².